The van der Waals surface area contributed by atoms with Gasteiger partial charge in [0, 0.05) is 45.2 Å². The van der Waals surface area contributed by atoms with Gasteiger partial charge in [-0.15, -0.1) is 0 Å². The lowest BCUT2D eigenvalue weighted by atomic mass is 9.96. The van der Waals surface area contributed by atoms with E-state index in [9.17, 15) is 9.59 Å². The summed E-state index contributed by atoms with van der Waals surface area (Å²) in [5.74, 6) is 0.177. The fourth-order valence-electron chi connectivity index (χ4n) is 3.31. The third-order valence-corrected chi connectivity index (χ3v) is 5.04. The Labute approximate surface area is 145 Å². The van der Waals surface area contributed by atoms with Gasteiger partial charge in [0.05, 0.1) is 13.2 Å². The quantitative estimate of drug-likeness (QED) is 0.769. The number of urea groups is 1. The standard InChI is InChI=1S/C17H32N4O3/c1-3-19(4-2)10-7-18-16(22)15-5-8-20(9-6-15)17(23)21-11-13-24-14-12-21/h15H,3-14H2,1-2H3,(H,18,22). The van der Waals surface area contributed by atoms with Crippen molar-refractivity contribution in [3.05, 3.63) is 0 Å². The zero-order chi connectivity index (χ0) is 17.4. The number of amides is 3. The number of morpholine rings is 1. The molecule has 2 heterocycles. The second-order valence-corrected chi connectivity index (χ2v) is 6.46. The molecule has 1 N–H and O–H groups in total. The van der Waals surface area contributed by atoms with Crippen LogP contribution in [0.15, 0.2) is 0 Å². The normalized spacial score (nSPS) is 19.6. The van der Waals surface area contributed by atoms with Crippen molar-refractivity contribution in [3.8, 4) is 0 Å². The van der Waals surface area contributed by atoms with E-state index < -0.39 is 0 Å². The fourth-order valence-corrected chi connectivity index (χ4v) is 3.31. The third-order valence-electron chi connectivity index (χ3n) is 5.04. The van der Waals surface area contributed by atoms with E-state index in [4.69, 9.17) is 4.74 Å². The predicted octanol–water partition coefficient (Wildman–Crippen LogP) is 0.609. The minimum Gasteiger partial charge on any atom is -0.378 e. The van der Waals surface area contributed by atoms with E-state index in [2.05, 4.69) is 24.1 Å². The van der Waals surface area contributed by atoms with Crippen LogP contribution in [0.3, 0.4) is 0 Å². The highest BCUT2D eigenvalue weighted by Gasteiger charge is 2.29. The van der Waals surface area contributed by atoms with Gasteiger partial charge in [0.15, 0.2) is 0 Å². The average molecular weight is 340 g/mol. The first-order chi connectivity index (χ1) is 11.7. The molecule has 0 atom stereocenters. The number of ether oxygens (including phenoxy) is 1. The van der Waals surface area contributed by atoms with E-state index in [0.717, 1.165) is 32.5 Å². The minimum absolute atomic E-state index is 0.0374. The van der Waals surface area contributed by atoms with Crippen molar-refractivity contribution >= 4 is 11.9 Å². The van der Waals surface area contributed by atoms with Crippen molar-refractivity contribution in [2.75, 3.05) is 65.6 Å². The summed E-state index contributed by atoms with van der Waals surface area (Å²) in [4.78, 5) is 30.7. The van der Waals surface area contributed by atoms with Gasteiger partial charge >= 0.3 is 6.03 Å². The van der Waals surface area contributed by atoms with Gasteiger partial charge in [-0.2, -0.15) is 0 Å². The Morgan fingerprint density at radius 2 is 1.62 bits per heavy atom. The molecule has 24 heavy (non-hydrogen) atoms. The Hall–Kier alpha value is -1.34. The third kappa shape index (κ3) is 5.34. The number of carbonyl (C=O) groups excluding carboxylic acids is 2. The van der Waals surface area contributed by atoms with Gasteiger partial charge in [0.25, 0.3) is 0 Å². The molecule has 0 spiro atoms. The molecule has 2 aliphatic rings. The first-order valence-electron chi connectivity index (χ1n) is 9.27. The van der Waals surface area contributed by atoms with Crippen LogP contribution in [0.5, 0.6) is 0 Å². The molecule has 7 nitrogen and oxygen atoms in total. The van der Waals surface area contributed by atoms with E-state index in [1.165, 1.54) is 0 Å². The summed E-state index contributed by atoms with van der Waals surface area (Å²) in [5.41, 5.74) is 0. The molecule has 3 amide bonds. The van der Waals surface area contributed by atoms with Crippen LogP contribution in [0.1, 0.15) is 26.7 Å². The fraction of sp³-hybridized carbons (Fsp3) is 0.882. The first-order valence-corrected chi connectivity index (χ1v) is 9.27. The van der Waals surface area contributed by atoms with Crippen LogP contribution in [-0.4, -0.2) is 92.2 Å². The van der Waals surface area contributed by atoms with Crippen LogP contribution in [0.2, 0.25) is 0 Å². The van der Waals surface area contributed by atoms with Gasteiger partial charge in [-0.1, -0.05) is 13.8 Å². The summed E-state index contributed by atoms with van der Waals surface area (Å²) in [6.07, 6.45) is 1.51. The maximum absolute atomic E-state index is 12.4. The molecule has 0 aliphatic carbocycles. The van der Waals surface area contributed by atoms with Crippen molar-refractivity contribution < 1.29 is 14.3 Å². The van der Waals surface area contributed by atoms with Gasteiger partial charge in [0.1, 0.15) is 0 Å². The molecule has 2 saturated heterocycles. The number of piperidine rings is 1. The van der Waals surface area contributed by atoms with Gasteiger partial charge in [0.2, 0.25) is 5.91 Å². The highest BCUT2D eigenvalue weighted by atomic mass is 16.5. The number of hydrogen-bond donors (Lipinski definition) is 1. The summed E-state index contributed by atoms with van der Waals surface area (Å²) in [6, 6.07) is 0.0960. The highest BCUT2D eigenvalue weighted by Crippen LogP contribution is 2.19. The summed E-state index contributed by atoms with van der Waals surface area (Å²) < 4.78 is 5.29. The summed E-state index contributed by atoms with van der Waals surface area (Å²) in [7, 11) is 0. The van der Waals surface area contributed by atoms with Crippen LogP contribution in [-0.2, 0) is 9.53 Å². The minimum atomic E-state index is 0.0374. The van der Waals surface area contributed by atoms with Crippen LogP contribution in [0.25, 0.3) is 0 Å². The second kappa shape index (κ2) is 9.84. The zero-order valence-electron chi connectivity index (χ0n) is 15.1. The number of carbonyl (C=O) groups is 2. The Balaban J connectivity index is 1.67. The maximum Gasteiger partial charge on any atom is 0.320 e. The average Bonchev–Trinajstić information content (AvgIpc) is 2.65. The molecule has 2 aliphatic heterocycles. The molecule has 7 heteroatoms. The van der Waals surface area contributed by atoms with Crippen molar-refractivity contribution in [1.82, 2.24) is 20.0 Å². The first kappa shape index (κ1) is 19.0. The van der Waals surface area contributed by atoms with Gasteiger partial charge in [-0.25, -0.2) is 4.79 Å². The van der Waals surface area contributed by atoms with E-state index in [-0.39, 0.29) is 17.9 Å². The number of likely N-dealkylation sites (tertiary alicyclic amines) is 1. The van der Waals surface area contributed by atoms with Crippen molar-refractivity contribution in [3.63, 3.8) is 0 Å². The van der Waals surface area contributed by atoms with Gasteiger partial charge in [-0.3, -0.25) is 4.79 Å². The Kier molecular flexibility index (Phi) is 7.78. The Morgan fingerprint density at radius 3 is 2.21 bits per heavy atom. The van der Waals surface area contributed by atoms with Crippen molar-refractivity contribution in [1.29, 1.82) is 0 Å². The molecule has 0 aromatic heterocycles. The van der Waals surface area contributed by atoms with Gasteiger partial charge in [-0.05, 0) is 25.9 Å². The number of nitrogens with one attached hydrogen (secondary N) is 1. The second-order valence-electron chi connectivity index (χ2n) is 6.46. The van der Waals surface area contributed by atoms with Gasteiger partial charge < -0.3 is 24.8 Å². The van der Waals surface area contributed by atoms with Crippen LogP contribution in [0, 0.1) is 5.92 Å². The topological polar surface area (TPSA) is 65.1 Å². The number of rotatable bonds is 6. The lowest BCUT2D eigenvalue weighted by molar-refractivity contribution is -0.126. The molecule has 2 rings (SSSR count). The summed E-state index contributed by atoms with van der Waals surface area (Å²) >= 11 is 0. The number of nitrogens with zero attached hydrogens (tertiary/aromatic N) is 3. The molecule has 138 valence electrons. The molecule has 0 aromatic carbocycles. The lowest BCUT2D eigenvalue weighted by Gasteiger charge is -2.36. The molecule has 2 fully saturated rings. The molecule has 0 unspecified atom stereocenters. The van der Waals surface area contributed by atoms with E-state index in [1.54, 1.807) is 0 Å². The van der Waals surface area contributed by atoms with Crippen LogP contribution < -0.4 is 5.32 Å². The molecule has 0 saturated carbocycles. The highest BCUT2D eigenvalue weighted by molar-refractivity contribution is 5.79. The van der Waals surface area contributed by atoms with Crippen molar-refractivity contribution in [2.24, 2.45) is 5.92 Å². The SMILES string of the molecule is CCN(CC)CCNC(=O)C1CCN(C(=O)N2CCOCC2)CC1. The molecular weight excluding hydrogens is 308 g/mol. The lowest BCUT2D eigenvalue weighted by Crippen LogP contribution is -2.51. The monoisotopic (exact) mass is 340 g/mol. The zero-order valence-corrected chi connectivity index (χ0v) is 15.1. The Bertz CT molecular complexity index is 401. The Morgan fingerprint density at radius 1 is 1.04 bits per heavy atom. The summed E-state index contributed by atoms with van der Waals surface area (Å²) in [5, 5.41) is 3.05. The molecule has 0 bridgehead atoms. The largest absolute Gasteiger partial charge is 0.378 e. The van der Waals surface area contributed by atoms with E-state index in [1.807, 2.05) is 9.80 Å². The van der Waals surface area contributed by atoms with Crippen LogP contribution in [0.4, 0.5) is 4.79 Å². The number of hydrogen-bond acceptors (Lipinski definition) is 4. The maximum atomic E-state index is 12.4. The predicted molar refractivity (Wildman–Crippen MR) is 92.9 cm³/mol. The summed E-state index contributed by atoms with van der Waals surface area (Å²) in [6.45, 7) is 11.8. The van der Waals surface area contributed by atoms with E-state index >= 15 is 0 Å². The molecule has 0 aromatic rings. The molecular formula is C17H32N4O3. The smallest absolute Gasteiger partial charge is 0.320 e. The molecule has 0 radical (unpaired) electrons. The van der Waals surface area contributed by atoms with E-state index in [0.29, 0.717) is 45.9 Å². The number of likely N-dealkylation sites (N-methyl/N-ethyl adjacent to an activating group) is 1. The van der Waals surface area contributed by atoms with Crippen LogP contribution >= 0.6 is 0 Å². The van der Waals surface area contributed by atoms with Crippen molar-refractivity contribution in [2.45, 2.75) is 26.7 Å².